The molecule has 1 aliphatic carbocycles. The molecule has 1 heterocycles. The van der Waals surface area contributed by atoms with Crippen LogP contribution in [0.1, 0.15) is 26.7 Å². The van der Waals surface area contributed by atoms with Crippen molar-refractivity contribution >= 4 is 38.9 Å². The van der Waals surface area contributed by atoms with Gasteiger partial charge in [-0.2, -0.15) is 0 Å². The lowest BCUT2D eigenvalue weighted by atomic mass is 9.96. The Labute approximate surface area is 187 Å². The molecule has 0 unspecified atom stereocenters. The summed E-state index contributed by atoms with van der Waals surface area (Å²) < 4.78 is 33.1. The number of sulfonamides is 1. The number of amides is 2. The third-order valence-electron chi connectivity index (χ3n) is 5.57. The van der Waals surface area contributed by atoms with Crippen LogP contribution in [0.25, 0.3) is 0 Å². The lowest BCUT2D eigenvalue weighted by molar-refractivity contribution is -0.125. The lowest BCUT2D eigenvalue weighted by Crippen LogP contribution is -2.59. The van der Waals surface area contributed by atoms with E-state index in [9.17, 15) is 18.0 Å². The maximum atomic E-state index is 13.2. The Hall–Kier alpha value is -3.11. The number of rotatable bonds is 7. The molecular weight excluding hydrogens is 432 g/mol. The average molecular weight is 459 g/mol. The van der Waals surface area contributed by atoms with Crippen molar-refractivity contribution in [1.29, 1.82) is 0 Å². The van der Waals surface area contributed by atoms with Crippen LogP contribution in [-0.4, -0.2) is 45.5 Å². The number of benzene rings is 2. The van der Waals surface area contributed by atoms with E-state index in [4.69, 9.17) is 4.74 Å². The van der Waals surface area contributed by atoms with Crippen molar-refractivity contribution in [3.63, 3.8) is 0 Å². The normalized spacial score (nSPS) is 17.3. The van der Waals surface area contributed by atoms with Gasteiger partial charge in [0.25, 0.3) is 0 Å². The van der Waals surface area contributed by atoms with Gasteiger partial charge in [-0.1, -0.05) is 12.1 Å². The van der Waals surface area contributed by atoms with E-state index in [1.54, 1.807) is 44.2 Å². The van der Waals surface area contributed by atoms with Gasteiger partial charge in [0.15, 0.2) is 0 Å². The van der Waals surface area contributed by atoms with E-state index in [1.165, 1.54) is 24.1 Å². The van der Waals surface area contributed by atoms with Crippen molar-refractivity contribution in [2.24, 2.45) is 0 Å². The van der Waals surface area contributed by atoms with Gasteiger partial charge in [-0.3, -0.25) is 14.5 Å². The molecule has 0 atom stereocenters. The van der Waals surface area contributed by atoms with Gasteiger partial charge in [-0.05, 0) is 57.0 Å². The van der Waals surface area contributed by atoms with E-state index < -0.39 is 15.6 Å². The van der Waals surface area contributed by atoms with Crippen molar-refractivity contribution in [2.75, 3.05) is 29.2 Å². The highest BCUT2D eigenvalue weighted by atomic mass is 32.2. The summed E-state index contributed by atoms with van der Waals surface area (Å²) in [6.45, 7) is 3.18. The predicted octanol–water partition coefficient (Wildman–Crippen LogP) is 2.31. The molecule has 0 radical (unpaired) electrons. The van der Waals surface area contributed by atoms with Crippen molar-refractivity contribution in [2.45, 2.75) is 43.2 Å². The number of hydrogen-bond acceptors (Lipinski definition) is 6. The summed E-state index contributed by atoms with van der Waals surface area (Å²) in [4.78, 5) is 27.4. The van der Waals surface area contributed by atoms with Crippen LogP contribution in [0.2, 0.25) is 0 Å². The number of nitrogens with zero attached hydrogens (tertiary/aromatic N) is 1. The van der Waals surface area contributed by atoms with Crippen molar-refractivity contribution in [3.8, 4) is 5.75 Å². The molecule has 0 spiro atoms. The Morgan fingerprint density at radius 3 is 2.62 bits per heavy atom. The number of hydrogen-bond donors (Lipinski definition) is 3. The van der Waals surface area contributed by atoms with E-state index in [1.807, 2.05) is 0 Å². The Kier molecular flexibility index (Phi) is 5.59. The molecule has 2 aromatic carbocycles. The lowest BCUT2D eigenvalue weighted by Gasteiger charge is -2.42. The van der Waals surface area contributed by atoms with Crippen LogP contribution in [0.3, 0.4) is 0 Å². The SMILES string of the molecule is COc1ccc(S(=O)(=O)NC2CC2)cc1NCC(=O)N1c2ccccc2NC(=O)C1(C)C. The molecule has 2 amide bonds. The van der Waals surface area contributed by atoms with E-state index in [-0.39, 0.29) is 29.3 Å². The summed E-state index contributed by atoms with van der Waals surface area (Å²) in [5, 5.41) is 5.81. The third-order valence-corrected chi connectivity index (χ3v) is 7.09. The molecule has 1 saturated carbocycles. The first-order chi connectivity index (χ1) is 15.1. The van der Waals surface area contributed by atoms with E-state index in [2.05, 4.69) is 15.4 Å². The van der Waals surface area contributed by atoms with Crippen LogP contribution >= 0.6 is 0 Å². The monoisotopic (exact) mass is 458 g/mol. The Morgan fingerprint density at radius 1 is 1.22 bits per heavy atom. The smallest absolute Gasteiger partial charge is 0.250 e. The fourth-order valence-corrected chi connectivity index (χ4v) is 4.96. The Morgan fingerprint density at radius 2 is 1.94 bits per heavy atom. The van der Waals surface area contributed by atoms with Gasteiger partial charge in [0.1, 0.15) is 11.3 Å². The van der Waals surface area contributed by atoms with Crippen LogP contribution in [-0.2, 0) is 19.6 Å². The Balaban J connectivity index is 1.58. The standard InChI is InChI=1S/C22H26N4O5S/c1-22(2)21(28)24-16-6-4-5-7-18(16)26(22)20(27)13-23-17-12-15(10-11-19(17)31-3)32(29,30)25-14-8-9-14/h4-7,10-12,14,23,25H,8-9,13H2,1-3H3,(H,24,28). The van der Waals surface area contributed by atoms with Crippen LogP contribution < -0.4 is 25.0 Å². The fraction of sp³-hybridized carbons (Fsp3) is 0.364. The molecule has 1 aliphatic heterocycles. The summed E-state index contributed by atoms with van der Waals surface area (Å²) in [7, 11) is -2.20. The van der Waals surface area contributed by atoms with Crippen LogP contribution in [0.15, 0.2) is 47.4 Å². The highest BCUT2D eigenvalue weighted by Crippen LogP contribution is 2.37. The van der Waals surface area contributed by atoms with Crippen molar-refractivity contribution in [1.82, 2.24) is 4.72 Å². The van der Waals surface area contributed by atoms with Gasteiger partial charge in [-0.25, -0.2) is 13.1 Å². The third kappa shape index (κ3) is 4.15. The number of anilines is 3. The van der Waals surface area contributed by atoms with Gasteiger partial charge in [0.2, 0.25) is 21.8 Å². The summed E-state index contributed by atoms with van der Waals surface area (Å²) in [5.74, 6) is -0.232. The number of fused-ring (bicyclic) bond motifs is 1. The second kappa shape index (κ2) is 8.10. The molecule has 10 heteroatoms. The first-order valence-electron chi connectivity index (χ1n) is 10.3. The van der Waals surface area contributed by atoms with Crippen LogP contribution in [0, 0.1) is 0 Å². The quantitative estimate of drug-likeness (QED) is 0.586. The van der Waals surface area contributed by atoms with E-state index in [0.717, 1.165) is 12.8 Å². The second-order valence-corrected chi connectivity index (χ2v) is 10.1. The first-order valence-corrected chi connectivity index (χ1v) is 11.8. The van der Waals surface area contributed by atoms with E-state index >= 15 is 0 Å². The zero-order valence-electron chi connectivity index (χ0n) is 18.1. The molecule has 0 bridgehead atoms. The minimum atomic E-state index is -3.66. The van der Waals surface area contributed by atoms with Crippen molar-refractivity contribution < 1.29 is 22.7 Å². The molecule has 0 saturated heterocycles. The molecule has 32 heavy (non-hydrogen) atoms. The summed E-state index contributed by atoms with van der Waals surface area (Å²) in [6.07, 6.45) is 1.66. The fourth-order valence-electron chi connectivity index (χ4n) is 3.63. The second-order valence-electron chi connectivity index (χ2n) is 8.37. The minimum Gasteiger partial charge on any atom is -0.495 e. The minimum absolute atomic E-state index is 0.0207. The van der Waals surface area contributed by atoms with Crippen LogP contribution in [0.4, 0.5) is 17.1 Å². The number of methoxy groups -OCH3 is 1. The zero-order chi connectivity index (χ0) is 23.1. The molecule has 2 aromatic rings. The topological polar surface area (TPSA) is 117 Å². The summed E-state index contributed by atoms with van der Waals surface area (Å²) >= 11 is 0. The number of nitrogens with one attached hydrogen (secondary N) is 3. The Bertz CT molecular complexity index is 1170. The van der Waals surface area contributed by atoms with Gasteiger partial charge in [-0.15, -0.1) is 0 Å². The predicted molar refractivity (Wildman–Crippen MR) is 121 cm³/mol. The summed E-state index contributed by atoms with van der Waals surface area (Å²) in [5.41, 5.74) is 0.422. The first kappa shape index (κ1) is 22.1. The maximum absolute atomic E-state index is 13.2. The largest absolute Gasteiger partial charge is 0.495 e. The number of carbonyl (C=O) groups is 2. The molecule has 2 aliphatic rings. The van der Waals surface area contributed by atoms with Gasteiger partial charge in [0.05, 0.1) is 35.6 Å². The summed E-state index contributed by atoms with van der Waals surface area (Å²) in [6, 6.07) is 11.5. The van der Waals surface area contributed by atoms with E-state index in [0.29, 0.717) is 22.8 Å². The molecule has 170 valence electrons. The highest BCUT2D eigenvalue weighted by molar-refractivity contribution is 7.89. The number of carbonyl (C=O) groups excluding carboxylic acids is 2. The average Bonchev–Trinajstić information content (AvgIpc) is 3.55. The van der Waals surface area contributed by atoms with Crippen LogP contribution in [0.5, 0.6) is 5.75 Å². The molecule has 9 nitrogen and oxygen atoms in total. The zero-order valence-corrected chi connectivity index (χ0v) is 19.0. The molecule has 1 fully saturated rings. The molecule has 3 N–H and O–H groups in total. The molecule has 0 aromatic heterocycles. The van der Waals surface area contributed by atoms with Gasteiger partial charge < -0.3 is 15.4 Å². The number of ether oxygens (including phenoxy) is 1. The van der Waals surface area contributed by atoms with Gasteiger partial charge >= 0.3 is 0 Å². The maximum Gasteiger partial charge on any atom is 0.250 e. The molecular formula is C22H26N4O5S. The highest BCUT2D eigenvalue weighted by Gasteiger charge is 2.43. The molecule has 4 rings (SSSR count). The van der Waals surface area contributed by atoms with Crippen molar-refractivity contribution in [3.05, 3.63) is 42.5 Å². The van der Waals surface area contributed by atoms with Gasteiger partial charge in [0, 0.05) is 6.04 Å². The number of para-hydroxylation sites is 2.